The van der Waals surface area contributed by atoms with Crippen molar-refractivity contribution < 1.29 is 18.7 Å². The molecule has 1 saturated carbocycles. The zero-order chi connectivity index (χ0) is 15.7. The minimum Gasteiger partial charge on any atom is -0.472 e. The zero-order valence-electron chi connectivity index (χ0n) is 13.4. The summed E-state index contributed by atoms with van der Waals surface area (Å²) in [4.78, 5) is 16.9. The molecule has 1 unspecified atom stereocenters. The molecule has 6 nitrogen and oxygen atoms in total. The molecular weight excluding hydrogens is 296 g/mol. The fourth-order valence-corrected chi connectivity index (χ4v) is 3.58. The summed E-state index contributed by atoms with van der Waals surface area (Å²) < 4.78 is 17.0. The van der Waals surface area contributed by atoms with E-state index >= 15 is 0 Å². The fraction of sp³-hybridized carbons (Fsp3) is 0.706. The molecule has 1 spiro atoms. The molecule has 1 atom stereocenters. The first-order valence-corrected chi connectivity index (χ1v) is 8.50. The molecule has 0 aromatic carbocycles. The molecule has 4 rings (SSSR count). The van der Waals surface area contributed by atoms with Crippen LogP contribution in [0.2, 0.25) is 0 Å². The van der Waals surface area contributed by atoms with E-state index in [1.54, 1.807) is 6.07 Å². The van der Waals surface area contributed by atoms with E-state index in [1.807, 2.05) is 4.90 Å². The van der Waals surface area contributed by atoms with Crippen LogP contribution < -0.4 is 0 Å². The van der Waals surface area contributed by atoms with E-state index in [4.69, 9.17) is 13.9 Å². The van der Waals surface area contributed by atoms with Gasteiger partial charge in [0.1, 0.15) is 11.9 Å². The third-order valence-corrected chi connectivity index (χ3v) is 4.95. The second kappa shape index (κ2) is 6.26. The first kappa shape index (κ1) is 15.2. The summed E-state index contributed by atoms with van der Waals surface area (Å²) in [6, 6.07) is 1.72. The first-order valence-electron chi connectivity index (χ1n) is 8.50. The number of ether oxygens (including phenoxy) is 2. The van der Waals surface area contributed by atoms with Crippen molar-refractivity contribution in [3.63, 3.8) is 0 Å². The van der Waals surface area contributed by atoms with Crippen molar-refractivity contribution in [1.29, 1.82) is 0 Å². The van der Waals surface area contributed by atoms with Crippen molar-refractivity contribution in [3.05, 3.63) is 24.2 Å². The van der Waals surface area contributed by atoms with E-state index in [0.717, 1.165) is 32.2 Å². The summed E-state index contributed by atoms with van der Waals surface area (Å²) in [5.41, 5.74) is 0.203. The predicted octanol–water partition coefficient (Wildman–Crippen LogP) is 1.23. The average molecular weight is 320 g/mol. The lowest BCUT2D eigenvalue weighted by atomic mass is 10.0. The number of rotatable bonds is 3. The van der Waals surface area contributed by atoms with Crippen LogP contribution in [-0.2, 0) is 9.47 Å². The third-order valence-electron chi connectivity index (χ3n) is 4.95. The van der Waals surface area contributed by atoms with Gasteiger partial charge in [-0.15, -0.1) is 0 Å². The molecule has 23 heavy (non-hydrogen) atoms. The molecular formula is C17H24N2O4. The maximum atomic E-state index is 12.6. The number of carbonyl (C=O) groups is 1. The van der Waals surface area contributed by atoms with Gasteiger partial charge in [-0.1, -0.05) is 0 Å². The number of nitrogens with zero attached hydrogens (tertiary/aromatic N) is 2. The van der Waals surface area contributed by atoms with Crippen LogP contribution in [0.4, 0.5) is 0 Å². The van der Waals surface area contributed by atoms with Crippen molar-refractivity contribution in [2.75, 3.05) is 52.5 Å². The molecule has 1 aromatic heterocycles. The van der Waals surface area contributed by atoms with Gasteiger partial charge < -0.3 is 18.8 Å². The Balaban J connectivity index is 1.46. The van der Waals surface area contributed by atoms with Crippen LogP contribution in [0.25, 0.3) is 0 Å². The lowest BCUT2D eigenvalue weighted by molar-refractivity contribution is -0.133. The Labute approximate surface area is 136 Å². The van der Waals surface area contributed by atoms with E-state index in [1.165, 1.54) is 25.4 Å². The van der Waals surface area contributed by atoms with Crippen LogP contribution in [0.3, 0.4) is 0 Å². The second-order valence-electron chi connectivity index (χ2n) is 7.00. The van der Waals surface area contributed by atoms with Gasteiger partial charge in [0, 0.05) is 26.2 Å². The van der Waals surface area contributed by atoms with Gasteiger partial charge in [-0.05, 0) is 24.8 Å². The molecule has 0 radical (unpaired) electrons. The van der Waals surface area contributed by atoms with Crippen LogP contribution in [0.5, 0.6) is 0 Å². The van der Waals surface area contributed by atoms with Crippen molar-refractivity contribution in [3.8, 4) is 0 Å². The van der Waals surface area contributed by atoms with Gasteiger partial charge in [-0.3, -0.25) is 9.69 Å². The molecule has 6 heteroatoms. The van der Waals surface area contributed by atoms with Crippen molar-refractivity contribution in [2.24, 2.45) is 5.92 Å². The van der Waals surface area contributed by atoms with Crippen LogP contribution >= 0.6 is 0 Å². The van der Waals surface area contributed by atoms with E-state index in [9.17, 15) is 4.79 Å². The maximum absolute atomic E-state index is 12.6. The summed E-state index contributed by atoms with van der Waals surface area (Å²) in [6.45, 7) is 5.99. The molecule has 1 aromatic rings. The van der Waals surface area contributed by atoms with E-state index in [0.29, 0.717) is 31.9 Å². The highest BCUT2D eigenvalue weighted by molar-refractivity contribution is 5.93. The minimum atomic E-state index is -0.400. The smallest absolute Gasteiger partial charge is 0.257 e. The topological polar surface area (TPSA) is 55.2 Å². The zero-order valence-corrected chi connectivity index (χ0v) is 13.4. The molecule has 2 aliphatic heterocycles. The second-order valence-corrected chi connectivity index (χ2v) is 7.00. The quantitative estimate of drug-likeness (QED) is 0.838. The van der Waals surface area contributed by atoms with E-state index in [2.05, 4.69) is 4.90 Å². The number of furan rings is 1. The van der Waals surface area contributed by atoms with Crippen LogP contribution in [0, 0.1) is 5.92 Å². The van der Waals surface area contributed by atoms with Gasteiger partial charge in [-0.2, -0.15) is 0 Å². The number of hydrogen-bond donors (Lipinski definition) is 0. The predicted molar refractivity (Wildman–Crippen MR) is 83.3 cm³/mol. The van der Waals surface area contributed by atoms with Gasteiger partial charge in [0.25, 0.3) is 5.91 Å². The molecule has 3 heterocycles. The van der Waals surface area contributed by atoms with E-state index < -0.39 is 5.60 Å². The first-order chi connectivity index (χ1) is 11.2. The lowest BCUT2D eigenvalue weighted by Gasteiger charge is -2.43. The van der Waals surface area contributed by atoms with Gasteiger partial charge in [0.2, 0.25) is 0 Å². The highest BCUT2D eigenvalue weighted by atomic mass is 16.5. The van der Waals surface area contributed by atoms with Crippen LogP contribution in [0.1, 0.15) is 23.2 Å². The molecule has 2 saturated heterocycles. The summed E-state index contributed by atoms with van der Waals surface area (Å²) in [6.07, 6.45) is 5.73. The average Bonchev–Trinajstić information content (AvgIpc) is 3.24. The Bertz CT molecular complexity index is 543. The molecule has 126 valence electrons. The highest BCUT2D eigenvalue weighted by Gasteiger charge is 2.42. The number of amides is 1. The molecule has 1 aliphatic carbocycles. The van der Waals surface area contributed by atoms with Gasteiger partial charge in [0.05, 0.1) is 38.2 Å². The van der Waals surface area contributed by atoms with Crippen molar-refractivity contribution >= 4 is 5.91 Å². The van der Waals surface area contributed by atoms with Crippen molar-refractivity contribution in [1.82, 2.24) is 9.80 Å². The normalized spacial score (nSPS) is 29.7. The van der Waals surface area contributed by atoms with Crippen molar-refractivity contribution in [2.45, 2.75) is 18.4 Å². The van der Waals surface area contributed by atoms with Gasteiger partial charge in [-0.25, -0.2) is 0 Å². The molecule has 3 fully saturated rings. The van der Waals surface area contributed by atoms with Crippen LogP contribution in [0.15, 0.2) is 23.0 Å². The molecule has 0 bridgehead atoms. The summed E-state index contributed by atoms with van der Waals surface area (Å²) in [5.74, 6) is 0.858. The lowest BCUT2D eigenvalue weighted by Crippen LogP contribution is -2.60. The number of carbonyl (C=O) groups excluding carboxylic acids is 1. The standard InChI is InChI=1S/C17H24N2O4/c20-16(15-3-6-21-10-15)19-5-8-23-17(12-19)11-18(4-7-22-13-17)9-14-1-2-14/h3,6,10,14H,1-2,4-5,7-9,11-13H2. The summed E-state index contributed by atoms with van der Waals surface area (Å²) in [7, 11) is 0. The minimum absolute atomic E-state index is 0.0133. The highest BCUT2D eigenvalue weighted by Crippen LogP contribution is 2.31. The maximum Gasteiger partial charge on any atom is 0.257 e. The summed E-state index contributed by atoms with van der Waals surface area (Å²) in [5, 5.41) is 0. The Morgan fingerprint density at radius 3 is 2.96 bits per heavy atom. The number of morpholine rings is 1. The summed E-state index contributed by atoms with van der Waals surface area (Å²) >= 11 is 0. The Kier molecular flexibility index (Phi) is 4.13. The Morgan fingerprint density at radius 1 is 1.26 bits per heavy atom. The molecule has 3 aliphatic rings. The largest absolute Gasteiger partial charge is 0.472 e. The monoisotopic (exact) mass is 320 g/mol. The van der Waals surface area contributed by atoms with E-state index in [-0.39, 0.29) is 5.91 Å². The Hall–Kier alpha value is -1.37. The molecule has 1 amide bonds. The number of hydrogen-bond acceptors (Lipinski definition) is 5. The molecule has 0 N–H and O–H groups in total. The van der Waals surface area contributed by atoms with Gasteiger partial charge >= 0.3 is 0 Å². The van der Waals surface area contributed by atoms with Crippen LogP contribution in [-0.4, -0.2) is 73.9 Å². The third kappa shape index (κ3) is 3.44. The van der Waals surface area contributed by atoms with Gasteiger partial charge in [0.15, 0.2) is 0 Å². The fourth-order valence-electron chi connectivity index (χ4n) is 3.58. The SMILES string of the molecule is O=C(c1ccoc1)N1CCOC2(COCCN(CC3CC3)C2)C1. The Morgan fingerprint density at radius 2 is 2.17 bits per heavy atom.